The van der Waals surface area contributed by atoms with E-state index in [1.165, 1.54) is 0 Å². The first-order chi connectivity index (χ1) is 15.2. The minimum Gasteiger partial charge on any atom is -0.495 e. The fraction of sp³-hybridized carbons (Fsp3) is 0.391. The molecule has 0 saturated heterocycles. The lowest BCUT2D eigenvalue weighted by Gasteiger charge is -2.20. The average molecular weight is 423 g/mol. The maximum Gasteiger partial charge on any atom is 0.238 e. The number of carbonyl (C=O) groups excluding carboxylic acids is 1. The van der Waals surface area contributed by atoms with Gasteiger partial charge < -0.3 is 10.1 Å². The topological polar surface area (TPSA) is 85.2 Å². The van der Waals surface area contributed by atoms with Gasteiger partial charge in [0.2, 0.25) is 11.7 Å². The molecular formula is C23H30N6O2. The number of anilines is 1. The highest BCUT2D eigenvalue weighted by molar-refractivity contribution is 5.93. The van der Waals surface area contributed by atoms with Crippen LogP contribution >= 0.6 is 0 Å². The molecule has 0 spiro atoms. The minimum absolute atomic E-state index is 0.0355. The van der Waals surface area contributed by atoms with Gasteiger partial charge >= 0.3 is 0 Å². The molecule has 164 valence electrons. The Balaban J connectivity index is 1.36. The minimum atomic E-state index is -0.0355. The largest absolute Gasteiger partial charge is 0.495 e. The molecule has 2 aromatic carbocycles. The standard InChI is InChI=1S/C23H30N6O2/c1-3-28(18-22(30)24-20-14-8-9-15-21(20)31-2)16-10-5-11-17-29-26-23(25-27-29)19-12-6-4-7-13-19/h4,6-9,12-15H,3,5,10-11,16-18H2,1-2H3,(H,24,30). The summed E-state index contributed by atoms with van der Waals surface area (Å²) < 4.78 is 5.29. The molecule has 0 saturated carbocycles. The van der Waals surface area contributed by atoms with Gasteiger partial charge in [-0.15, -0.1) is 10.2 Å². The summed E-state index contributed by atoms with van der Waals surface area (Å²) in [5.41, 5.74) is 1.67. The first-order valence-electron chi connectivity index (χ1n) is 10.7. The van der Waals surface area contributed by atoms with E-state index < -0.39 is 0 Å². The Labute approximate surface area is 183 Å². The summed E-state index contributed by atoms with van der Waals surface area (Å²) in [5, 5.41) is 15.6. The van der Waals surface area contributed by atoms with Gasteiger partial charge in [-0.1, -0.05) is 55.8 Å². The Hall–Kier alpha value is -3.26. The number of para-hydroxylation sites is 2. The molecule has 1 aromatic heterocycles. The Kier molecular flexibility index (Phi) is 8.54. The molecule has 3 aromatic rings. The van der Waals surface area contributed by atoms with Crippen molar-refractivity contribution < 1.29 is 9.53 Å². The van der Waals surface area contributed by atoms with Crippen molar-refractivity contribution in [2.45, 2.75) is 32.7 Å². The van der Waals surface area contributed by atoms with Crippen molar-refractivity contribution in [3.05, 3.63) is 54.6 Å². The van der Waals surface area contributed by atoms with Gasteiger partial charge in [-0.05, 0) is 43.3 Å². The number of tetrazole rings is 1. The van der Waals surface area contributed by atoms with Gasteiger partial charge in [0.15, 0.2) is 0 Å². The van der Waals surface area contributed by atoms with Gasteiger partial charge in [-0.25, -0.2) is 0 Å². The Bertz CT molecular complexity index is 944. The first kappa shape index (κ1) is 22.4. The number of carbonyl (C=O) groups is 1. The molecule has 0 aliphatic heterocycles. The lowest BCUT2D eigenvalue weighted by atomic mass is 10.2. The number of nitrogens with one attached hydrogen (secondary N) is 1. The van der Waals surface area contributed by atoms with Gasteiger partial charge in [0.25, 0.3) is 0 Å². The molecule has 0 unspecified atom stereocenters. The molecule has 0 radical (unpaired) electrons. The van der Waals surface area contributed by atoms with E-state index in [0.29, 0.717) is 23.8 Å². The number of aryl methyl sites for hydroxylation is 1. The maximum atomic E-state index is 12.4. The second kappa shape index (κ2) is 11.8. The van der Waals surface area contributed by atoms with Gasteiger partial charge in [-0.2, -0.15) is 4.80 Å². The third-order valence-corrected chi connectivity index (χ3v) is 5.01. The number of nitrogens with zero attached hydrogens (tertiary/aromatic N) is 5. The molecular weight excluding hydrogens is 392 g/mol. The molecule has 0 atom stereocenters. The smallest absolute Gasteiger partial charge is 0.238 e. The van der Waals surface area contributed by atoms with E-state index in [1.54, 1.807) is 11.9 Å². The fourth-order valence-electron chi connectivity index (χ4n) is 3.30. The van der Waals surface area contributed by atoms with Gasteiger partial charge in [-0.3, -0.25) is 9.69 Å². The third-order valence-electron chi connectivity index (χ3n) is 5.01. The van der Waals surface area contributed by atoms with Crippen molar-refractivity contribution in [2.24, 2.45) is 0 Å². The van der Waals surface area contributed by atoms with E-state index in [1.807, 2.05) is 54.6 Å². The predicted molar refractivity (Wildman–Crippen MR) is 121 cm³/mol. The van der Waals surface area contributed by atoms with Crippen LogP contribution in [0.1, 0.15) is 26.2 Å². The van der Waals surface area contributed by atoms with Gasteiger partial charge in [0, 0.05) is 5.56 Å². The number of hydrogen-bond donors (Lipinski definition) is 1. The highest BCUT2D eigenvalue weighted by Gasteiger charge is 2.11. The summed E-state index contributed by atoms with van der Waals surface area (Å²) in [4.78, 5) is 16.2. The predicted octanol–water partition coefficient (Wildman–Crippen LogP) is 3.48. The van der Waals surface area contributed by atoms with Crippen LogP contribution in [-0.4, -0.2) is 57.8 Å². The SMILES string of the molecule is CCN(CCCCCn1nnc(-c2ccccc2)n1)CC(=O)Nc1ccccc1OC. The summed E-state index contributed by atoms with van der Waals surface area (Å²) in [5.74, 6) is 1.28. The second-order valence-corrected chi connectivity index (χ2v) is 7.25. The summed E-state index contributed by atoms with van der Waals surface area (Å²) in [6.45, 7) is 4.86. The Morgan fingerprint density at radius 2 is 1.84 bits per heavy atom. The summed E-state index contributed by atoms with van der Waals surface area (Å²) in [6.07, 6.45) is 3.01. The number of hydrogen-bond acceptors (Lipinski definition) is 6. The lowest BCUT2D eigenvalue weighted by molar-refractivity contribution is -0.117. The van der Waals surface area contributed by atoms with E-state index >= 15 is 0 Å². The van der Waals surface area contributed by atoms with Crippen LogP contribution in [0.3, 0.4) is 0 Å². The number of rotatable bonds is 12. The molecule has 0 aliphatic carbocycles. The molecule has 3 rings (SSSR count). The number of methoxy groups -OCH3 is 1. The quantitative estimate of drug-likeness (QED) is 0.450. The number of aromatic nitrogens is 4. The molecule has 0 aliphatic rings. The molecule has 8 heteroatoms. The summed E-state index contributed by atoms with van der Waals surface area (Å²) >= 11 is 0. The third kappa shape index (κ3) is 6.89. The first-order valence-corrected chi connectivity index (χ1v) is 10.7. The molecule has 1 heterocycles. The van der Waals surface area contributed by atoms with Gasteiger partial charge in [0.05, 0.1) is 25.9 Å². The number of amides is 1. The summed E-state index contributed by atoms with van der Waals surface area (Å²) in [7, 11) is 1.60. The zero-order valence-electron chi connectivity index (χ0n) is 18.2. The van der Waals surface area contributed by atoms with Crippen LogP contribution in [-0.2, 0) is 11.3 Å². The molecule has 0 bridgehead atoms. The van der Waals surface area contributed by atoms with Crippen LogP contribution in [0.4, 0.5) is 5.69 Å². The van der Waals surface area contributed by atoms with Crippen molar-refractivity contribution in [2.75, 3.05) is 32.1 Å². The van der Waals surface area contributed by atoms with E-state index in [-0.39, 0.29) is 5.91 Å². The second-order valence-electron chi connectivity index (χ2n) is 7.25. The zero-order valence-corrected chi connectivity index (χ0v) is 18.2. The van der Waals surface area contributed by atoms with E-state index in [4.69, 9.17) is 4.74 Å². The molecule has 1 amide bonds. The summed E-state index contributed by atoms with van der Waals surface area (Å²) in [6, 6.07) is 17.3. The highest BCUT2D eigenvalue weighted by atomic mass is 16.5. The number of likely N-dealkylation sites (N-methyl/N-ethyl adjacent to an activating group) is 1. The van der Waals surface area contributed by atoms with Crippen LogP contribution in [0.5, 0.6) is 5.75 Å². The Morgan fingerprint density at radius 3 is 2.61 bits per heavy atom. The van der Waals surface area contributed by atoms with Gasteiger partial charge in [0.1, 0.15) is 5.75 Å². The van der Waals surface area contributed by atoms with Crippen LogP contribution in [0.2, 0.25) is 0 Å². The van der Waals surface area contributed by atoms with Crippen molar-refractivity contribution >= 4 is 11.6 Å². The molecule has 31 heavy (non-hydrogen) atoms. The monoisotopic (exact) mass is 422 g/mol. The van der Waals surface area contributed by atoms with Crippen LogP contribution in [0.15, 0.2) is 54.6 Å². The van der Waals surface area contributed by atoms with Crippen LogP contribution in [0, 0.1) is 0 Å². The van der Waals surface area contributed by atoms with E-state index in [9.17, 15) is 4.79 Å². The average Bonchev–Trinajstić information content (AvgIpc) is 3.28. The van der Waals surface area contributed by atoms with Crippen molar-refractivity contribution in [1.29, 1.82) is 0 Å². The lowest BCUT2D eigenvalue weighted by Crippen LogP contribution is -2.34. The number of ether oxygens (including phenoxy) is 1. The normalized spacial score (nSPS) is 10.9. The van der Waals surface area contributed by atoms with Crippen molar-refractivity contribution in [1.82, 2.24) is 25.1 Å². The maximum absolute atomic E-state index is 12.4. The highest BCUT2D eigenvalue weighted by Crippen LogP contribution is 2.22. The number of benzene rings is 2. The van der Waals surface area contributed by atoms with E-state index in [2.05, 4.69) is 32.6 Å². The van der Waals surface area contributed by atoms with Crippen LogP contribution < -0.4 is 10.1 Å². The van der Waals surface area contributed by atoms with Crippen molar-refractivity contribution in [3.8, 4) is 17.1 Å². The fourth-order valence-corrected chi connectivity index (χ4v) is 3.30. The van der Waals surface area contributed by atoms with E-state index in [0.717, 1.165) is 44.5 Å². The van der Waals surface area contributed by atoms with Crippen LogP contribution in [0.25, 0.3) is 11.4 Å². The molecule has 8 nitrogen and oxygen atoms in total. The molecule has 1 N–H and O–H groups in total. The molecule has 0 fully saturated rings. The Morgan fingerprint density at radius 1 is 1.06 bits per heavy atom. The zero-order chi connectivity index (χ0) is 21.9. The van der Waals surface area contributed by atoms with Crippen molar-refractivity contribution in [3.63, 3.8) is 0 Å². The number of unbranched alkanes of at least 4 members (excludes halogenated alkanes) is 2.